The fourth-order valence-electron chi connectivity index (χ4n) is 2.49. The zero-order valence-corrected chi connectivity index (χ0v) is 16.3. The number of benzene rings is 2. The van der Waals surface area contributed by atoms with Crippen molar-refractivity contribution in [3.63, 3.8) is 0 Å². The molecule has 0 spiro atoms. The average molecular weight is 374 g/mol. The molecule has 0 atom stereocenters. The van der Waals surface area contributed by atoms with E-state index in [9.17, 15) is 9.59 Å². The summed E-state index contributed by atoms with van der Waals surface area (Å²) in [7, 11) is 1.73. The summed E-state index contributed by atoms with van der Waals surface area (Å²) in [5.74, 6) is -0.362. The van der Waals surface area contributed by atoms with Crippen molar-refractivity contribution in [3.8, 4) is 0 Å². The molecule has 0 aliphatic rings. The SMILES string of the molecule is Cc1ccc(NC(=O)CN(C)CC(=O)Nc2cccc(C)c2C)cc1Cl. The van der Waals surface area contributed by atoms with E-state index in [1.807, 2.05) is 45.0 Å². The second kappa shape index (κ2) is 8.83. The molecule has 0 aliphatic heterocycles. The quantitative estimate of drug-likeness (QED) is 0.810. The first-order valence-corrected chi connectivity index (χ1v) is 8.74. The van der Waals surface area contributed by atoms with Crippen molar-refractivity contribution in [2.75, 3.05) is 30.8 Å². The summed E-state index contributed by atoms with van der Waals surface area (Å²) in [5, 5.41) is 6.27. The summed E-state index contributed by atoms with van der Waals surface area (Å²) >= 11 is 6.06. The highest BCUT2D eigenvalue weighted by Gasteiger charge is 2.12. The number of rotatable bonds is 6. The molecule has 6 heteroatoms. The summed E-state index contributed by atoms with van der Waals surface area (Å²) in [4.78, 5) is 26.0. The second-order valence-corrected chi connectivity index (χ2v) is 6.89. The Bertz CT molecular complexity index is 821. The predicted molar refractivity (Wildman–Crippen MR) is 107 cm³/mol. The molecule has 0 saturated heterocycles. The third-order valence-electron chi connectivity index (χ3n) is 4.16. The van der Waals surface area contributed by atoms with Gasteiger partial charge in [-0.25, -0.2) is 0 Å². The van der Waals surface area contributed by atoms with Gasteiger partial charge in [0.15, 0.2) is 0 Å². The largest absolute Gasteiger partial charge is 0.325 e. The van der Waals surface area contributed by atoms with Crippen molar-refractivity contribution in [2.24, 2.45) is 0 Å². The molecule has 0 aromatic heterocycles. The van der Waals surface area contributed by atoms with Crippen LogP contribution in [0.3, 0.4) is 0 Å². The van der Waals surface area contributed by atoms with E-state index in [0.29, 0.717) is 10.7 Å². The van der Waals surface area contributed by atoms with E-state index in [0.717, 1.165) is 22.4 Å². The van der Waals surface area contributed by atoms with E-state index in [-0.39, 0.29) is 24.9 Å². The number of hydrogen-bond acceptors (Lipinski definition) is 3. The van der Waals surface area contributed by atoms with Gasteiger partial charge in [-0.3, -0.25) is 14.5 Å². The topological polar surface area (TPSA) is 61.4 Å². The first kappa shape index (κ1) is 19.9. The number of anilines is 2. The van der Waals surface area contributed by atoms with E-state index in [2.05, 4.69) is 10.6 Å². The first-order chi connectivity index (χ1) is 12.3. The third kappa shape index (κ3) is 5.58. The molecule has 0 aliphatic carbocycles. The molecule has 0 heterocycles. The minimum absolute atomic E-state index is 0.103. The molecule has 2 amide bonds. The van der Waals surface area contributed by atoms with Crippen LogP contribution in [0, 0.1) is 20.8 Å². The van der Waals surface area contributed by atoms with Crippen LogP contribution in [0.1, 0.15) is 16.7 Å². The fraction of sp³-hybridized carbons (Fsp3) is 0.300. The van der Waals surface area contributed by atoms with Gasteiger partial charge in [0.1, 0.15) is 0 Å². The Kier molecular flexibility index (Phi) is 6.77. The number of amides is 2. The van der Waals surface area contributed by atoms with Gasteiger partial charge in [-0.2, -0.15) is 0 Å². The molecular weight excluding hydrogens is 350 g/mol. The highest BCUT2D eigenvalue weighted by Crippen LogP contribution is 2.20. The molecule has 0 bridgehead atoms. The van der Waals surface area contributed by atoms with Gasteiger partial charge in [-0.1, -0.05) is 29.8 Å². The maximum Gasteiger partial charge on any atom is 0.238 e. The van der Waals surface area contributed by atoms with E-state index in [1.54, 1.807) is 24.1 Å². The molecule has 0 fully saturated rings. The van der Waals surface area contributed by atoms with Crippen LogP contribution in [0.5, 0.6) is 0 Å². The number of likely N-dealkylation sites (N-methyl/N-ethyl adjacent to an activating group) is 1. The normalized spacial score (nSPS) is 10.7. The molecule has 2 aromatic carbocycles. The molecule has 26 heavy (non-hydrogen) atoms. The maximum atomic E-state index is 12.2. The zero-order chi connectivity index (χ0) is 19.3. The monoisotopic (exact) mass is 373 g/mol. The smallest absolute Gasteiger partial charge is 0.238 e. The number of carbonyl (C=O) groups is 2. The lowest BCUT2D eigenvalue weighted by Gasteiger charge is -2.17. The number of hydrogen-bond donors (Lipinski definition) is 2. The Morgan fingerprint density at radius 3 is 2.27 bits per heavy atom. The van der Waals surface area contributed by atoms with Gasteiger partial charge in [0.25, 0.3) is 0 Å². The number of nitrogens with zero attached hydrogens (tertiary/aromatic N) is 1. The zero-order valence-electron chi connectivity index (χ0n) is 15.5. The minimum Gasteiger partial charge on any atom is -0.325 e. The van der Waals surface area contributed by atoms with Crippen LogP contribution < -0.4 is 10.6 Å². The number of aryl methyl sites for hydroxylation is 2. The number of nitrogens with one attached hydrogen (secondary N) is 2. The summed E-state index contributed by atoms with van der Waals surface area (Å²) in [5.41, 5.74) is 4.54. The van der Waals surface area contributed by atoms with E-state index in [4.69, 9.17) is 11.6 Å². The summed E-state index contributed by atoms with van der Waals surface area (Å²) < 4.78 is 0. The fourth-order valence-corrected chi connectivity index (χ4v) is 2.67. The summed E-state index contributed by atoms with van der Waals surface area (Å²) in [6.45, 7) is 6.09. The van der Waals surface area contributed by atoms with Gasteiger partial charge >= 0.3 is 0 Å². The van der Waals surface area contributed by atoms with Crippen molar-refractivity contribution in [1.29, 1.82) is 0 Å². The molecule has 2 rings (SSSR count). The minimum atomic E-state index is -0.202. The Balaban J connectivity index is 1.86. The molecule has 2 aromatic rings. The van der Waals surface area contributed by atoms with Crippen LogP contribution in [0.4, 0.5) is 11.4 Å². The lowest BCUT2D eigenvalue weighted by atomic mass is 10.1. The highest BCUT2D eigenvalue weighted by molar-refractivity contribution is 6.31. The summed E-state index contributed by atoms with van der Waals surface area (Å²) in [6.07, 6.45) is 0. The molecular formula is C20H24ClN3O2. The van der Waals surface area contributed by atoms with E-state index in [1.165, 1.54) is 0 Å². The maximum absolute atomic E-state index is 12.2. The van der Waals surface area contributed by atoms with Gasteiger partial charge in [0.05, 0.1) is 13.1 Å². The summed E-state index contributed by atoms with van der Waals surface area (Å²) in [6, 6.07) is 11.1. The van der Waals surface area contributed by atoms with Crippen LogP contribution in [0.2, 0.25) is 5.02 Å². The molecule has 0 saturated carbocycles. The predicted octanol–water partition coefficient (Wildman–Crippen LogP) is 3.77. The van der Waals surface area contributed by atoms with Gasteiger partial charge in [0.2, 0.25) is 11.8 Å². The number of carbonyl (C=O) groups excluding carboxylic acids is 2. The molecule has 138 valence electrons. The Morgan fingerprint density at radius 1 is 0.962 bits per heavy atom. The van der Waals surface area contributed by atoms with Gasteiger partial charge in [-0.15, -0.1) is 0 Å². The van der Waals surface area contributed by atoms with Crippen molar-refractivity contribution in [3.05, 3.63) is 58.1 Å². The Labute approximate surface area is 159 Å². The van der Waals surface area contributed by atoms with Crippen molar-refractivity contribution in [1.82, 2.24) is 4.90 Å². The van der Waals surface area contributed by atoms with Crippen LogP contribution in [-0.2, 0) is 9.59 Å². The van der Waals surface area contributed by atoms with E-state index < -0.39 is 0 Å². The Morgan fingerprint density at radius 2 is 1.62 bits per heavy atom. The lowest BCUT2D eigenvalue weighted by molar-refractivity contribution is -0.119. The number of halogens is 1. The van der Waals surface area contributed by atoms with Crippen LogP contribution in [-0.4, -0.2) is 36.9 Å². The lowest BCUT2D eigenvalue weighted by Crippen LogP contribution is -2.36. The Hall–Kier alpha value is -2.37. The average Bonchev–Trinajstić information content (AvgIpc) is 2.55. The van der Waals surface area contributed by atoms with Crippen LogP contribution >= 0.6 is 11.6 Å². The first-order valence-electron chi connectivity index (χ1n) is 8.37. The standard InChI is InChI=1S/C20H24ClN3O2/c1-13-6-5-7-18(15(13)3)23-20(26)12-24(4)11-19(25)22-16-9-8-14(2)17(21)10-16/h5-10H,11-12H2,1-4H3,(H,22,25)(H,23,26). The van der Waals surface area contributed by atoms with Crippen LogP contribution in [0.15, 0.2) is 36.4 Å². The molecule has 0 radical (unpaired) electrons. The van der Waals surface area contributed by atoms with Crippen LogP contribution in [0.25, 0.3) is 0 Å². The van der Waals surface area contributed by atoms with Crippen molar-refractivity contribution < 1.29 is 9.59 Å². The molecule has 5 nitrogen and oxygen atoms in total. The highest BCUT2D eigenvalue weighted by atomic mass is 35.5. The van der Waals surface area contributed by atoms with Gasteiger partial charge in [-0.05, 0) is 62.7 Å². The third-order valence-corrected chi connectivity index (χ3v) is 4.57. The van der Waals surface area contributed by atoms with Crippen molar-refractivity contribution in [2.45, 2.75) is 20.8 Å². The van der Waals surface area contributed by atoms with E-state index >= 15 is 0 Å². The van der Waals surface area contributed by atoms with Gasteiger partial charge < -0.3 is 10.6 Å². The van der Waals surface area contributed by atoms with Gasteiger partial charge in [0, 0.05) is 16.4 Å². The molecule has 2 N–H and O–H groups in total. The second-order valence-electron chi connectivity index (χ2n) is 6.48. The molecule has 0 unspecified atom stereocenters. The van der Waals surface area contributed by atoms with Crippen molar-refractivity contribution >= 4 is 34.8 Å².